The van der Waals surface area contributed by atoms with Crippen LogP contribution < -0.4 is 16.6 Å². The summed E-state index contributed by atoms with van der Waals surface area (Å²) >= 11 is 5.92. The Morgan fingerprint density at radius 3 is 2.60 bits per heavy atom. The lowest BCUT2D eigenvalue weighted by Gasteiger charge is -2.31. The van der Waals surface area contributed by atoms with Gasteiger partial charge in [-0.1, -0.05) is 11.6 Å². The molecule has 1 fully saturated rings. The lowest BCUT2D eigenvalue weighted by Crippen LogP contribution is -2.51. The monoisotopic (exact) mass is 364 g/mol. The van der Waals surface area contributed by atoms with Gasteiger partial charge in [0, 0.05) is 29.5 Å². The summed E-state index contributed by atoms with van der Waals surface area (Å²) < 4.78 is 5.53. The molecule has 9 heteroatoms. The van der Waals surface area contributed by atoms with E-state index in [1.165, 1.54) is 4.90 Å². The normalized spacial score (nSPS) is 15.2. The highest BCUT2D eigenvalue weighted by Crippen LogP contribution is 2.23. The van der Waals surface area contributed by atoms with Gasteiger partial charge in [0.05, 0.1) is 0 Å². The lowest BCUT2D eigenvalue weighted by molar-refractivity contribution is -0.146. The van der Waals surface area contributed by atoms with Crippen molar-refractivity contribution in [2.75, 3.05) is 13.1 Å². The van der Waals surface area contributed by atoms with Crippen molar-refractivity contribution in [3.05, 3.63) is 35.0 Å². The van der Waals surface area contributed by atoms with E-state index in [1.807, 2.05) is 5.43 Å². The zero-order valence-corrected chi connectivity index (χ0v) is 14.0. The van der Waals surface area contributed by atoms with Crippen LogP contribution >= 0.6 is 11.6 Å². The summed E-state index contributed by atoms with van der Waals surface area (Å²) in [6, 6.07) is 6.67. The molecule has 1 aliphatic heterocycles. The number of likely N-dealkylation sites (tertiary alicyclic amines) is 1. The van der Waals surface area contributed by atoms with Crippen molar-refractivity contribution in [3.63, 3.8) is 0 Å². The fourth-order valence-corrected chi connectivity index (χ4v) is 3.00. The largest absolute Gasteiger partial charge is 0.451 e. The van der Waals surface area contributed by atoms with Gasteiger partial charge in [0.15, 0.2) is 5.76 Å². The standard InChI is InChI=1S/C16H17ClN4O4/c17-10-1-2-12-9(7-10)8-13(25-12)14(22)19-11-3-5-21(6-4-11)16(24)15(23)20-18/h1-2,7-8,11H,3-6,18H2,(H,19,22)(H,20,23). The number of fused-ring (bicyclic) bond motifs is 1. The van der Waals surface area contributed by atoms with E-state index in [1.54, 1.807) is 24.3 Å². The van der Waals surface area contributed by atoms with E-state index < -0.39 is 11.8 Å². The summed E-state index contributed by atoms with van der Waals surface area (Å²) in [6.07, 6.45) is 1.09. The first-order valence-corrected chi connectivity index (χ1v) is 8.15. The Labute approximate surface area is 148 Å². The van der Waals surface area contributed by atoms with E-state index in [0.29, 0.717) is 36.5 Å². The van der Waals surface area contributed by atoms with Crippen LogP contribution in [-0.4, -0.2) is 41.8 Å². The minimum atomic E-state index is -0.844. The summed E-state index contributed by atoms with van der Waals surface area (Å²) in [5.41, 5.74) is 2.41. The number of furan rings is 1. The molecule has 4 N–H and O–H groups in total. The van der Waals surface area contributed by atoms with Gasteiger partial charge < -0.3 is 14.6 Å². The Balaban J connectivity index is 1.58. The zero-order valence-electron chi connectivity index (χ0n) is 13.3. The Morgan fingerprint density at radius 2 is 1.92 bits per heavy atom. The van der Waals surface area contributed by atoms with Crippen LogP contribution in [0.25, 0.3) is 11.0 Å². The van der Waals surface area contributed by atoms with E-state index in [0.717, 1.165) is 5.39 Å². The number of piperidine rings is 1. The predicted octanol–water partition coefficient (Wildman–Crippen LogP) is 0.797. The molecule has 0 spiro atoms. The molecule has 1 aromatic carbocycles. The third kappa shape index (κ3) is 3.75. The van der Waals surface area contributed by atoms with Gasteiger partial charge in [-0.15, -0.1) is 0 Å². The van der Waals surface area contributed by atoms with Crippen LogP contribution in [-0.2, 0) is 9.59 Å². The topological polar surface area (TPSA) is 118 Å². The fraction of sp³-hybridized carbons (Fsp3) is 0.312. The smallest absolute Gasteiger partial charge is 0.323 e. The van der Waals surface area contributed by atoms with Gasteiger partial charge in [0.2, 0.25) is 0 Å². The summed E-state index contributed by atoms with van der Waals surface area (Å²) in [5.74, 6) is 3.33. The molecule has 0 aliphatic carbocycles. The van der Waals surface area contributed by atoms with Gasteiger partial charge in [-0.05, 0) is 37.1 Å². The molecule has 0 radical (unpaired) electrons. The Bertz CT molecular complexity index is 827. The first-order chi connectivity index (χ1) is 12.0. The summed E-state index contributed by atoms with van der Waals surface area (Å²) in [7, 11) is 0. The van der Waals surface area contributed by atoms with Crippen LogP contribution in [0.15, 0.2) is 28.7 Å². The van der Waals surface area contributed by atoms with E-state index in [2.05, 4.69) is 5.32 Å². The van der Waals surface area contributed by atoms with Crippen LogP contribution in [0.4, 0.5) is 0 Å². The predicted molar refractivity (Wildman–Crippen MR) is 90.6 cm³/mol. The molecule has 0 saturated carbocycles. The molecule has 25 heavy (non-hydrogen) atoms. The van der Waals surface area contributed by atoms with Crippen molar-refractivity contribution in [2.24, 2.45) is 5.84 Å². The van der Waals surface area contributed by atoms with Crippen molar-refractivity contribution in [3.8, 4) is 0 Å². The van der Waals surface area contributed by atoms with Crippen LogP contribution in [0.1, 0.15) is 23.4 Å². The Hall–Kier alpha value is -2.58. The van der Waals surface area contributed by atoms with Crippen molar-refractivity contribution < 1.29 is 18.8 Å². The minimum Gasteiger partial charge on any atom is -0.451 e. The van der Waals surface area contributed by atoms with Gasteiger partial charge in [0.25, 0.3) is 5.91 Å². The van der Waals surface area contributed by atoms with Gasteiger partial charge in [-0.25, -0.2) is 5.84 Å². The molecule has 0 atom stereocenters. The summed E-state index contributed by atoms with van der Waals surface area (Å²) in [6.45, 7) is 0.736. The van der Waals surface area contributed by atoms with E-state index >= 15 is 0 Å². The number of nitrogens with two attached hydrogens (primary N) is 1. The lowest BCUT2D eigenvalue weighted by atomic mass is 10.0. The molecule has 0 unspecified atom stereocenters. The maximum atomic E-state index is 12.3. The average Bonchev–Trinajstić information content (AvgIpc) is 3.04. The molecular formula is C16H17ClN4O4. The van der Waals surface area contributed by atoms with Crippen LogP contribution in [0, 0.1) is 0 Å². The third-order valence-electron chi connectivity index (χ3n) is 4.14. The number of hydrazine groups is 1. The average molecular weight is 365 g/mol. The maximum Gasteiger partial charge on any atom is 0.323 e. The SMILES string of the molecule is NNC(=O)C(=O)N1CCC(NC(=O)c2cc3cc(Cl)ccc3o2)CC1. The second-order valence-electron chi connectivity index (χ2n) is 5.81. The van der Waals surface area contributed by atoms with Crippen molar-refractivity contribution in [2.45, 2.75) is 18.9 Å². The molecule has 8 nitrogen and oxygen atoms in total. The number of hydrogen-bond acceptors (Lipinski definition) is 5. The highest BCUT2D eigenvalue weighted by molar-refractivity contribution is 6.34. The number of nitrogens with zero attached hydrogens (tertiary/aromatic N) is 1. The molecule has 1 saturated heterocycles. The Morgan fingerprint density at radius 1 is 1.20 bits per heavy atom. The number of hydrogen-bond donors (Lipinski definition) is 3. The number of halogens is 1. The zero-order chi connectivity index (χ0) is 18.0. The fourth-order valence-electron chi connectivity index (χ4n) is 2.81. The van der Waals surface area contributed by atoms with E-state index in [-0.39, 0.29) is 17.7 Å². The molecule has 1 aliphatic rings. The highest BCUT2D eigenvalue weighted by atomic mass is 35.5. The van der Waals surface area contributed by atoms with Gasteiger partial charge in [-0.2, -0.15) is 0 Å². The number of amides is 3. The molecule has 1 aromatic heterocycles. The van der Waals surface area contributed by atoms with Crippen LogP contribution in [0.5, 0.6) is 0 Å². The van der Waals surface area contributed by atoms with Crippen molar-refractivity contribution >= 4 is 40.3 Å². The van der Waals surface area contributed by atoms with E-state index in [4.69, 9.17) is 21.9 Å². The first kappa shape index (κ1) is 17.2. The van der Waals surface area contributed by atoms with Crippen molar-refractivity contribution in [1.82, 2.24) is 15.6 Å². The van der Waals surface area contributed by atoms with Gasteiger partial charge in [-0.3, -0.25) is 19.8 Å². The number of rotatable bonds is 2. The molecule has 3 amide bonds. The van der Waals surface area contributed by atoms with E-state index in [9.17, 15) is 14.4 Å². The molecule has 132 valence electrons. The number of carbonyl (C=O) groups excluding carboxylic acids is 3. The second-order valence-corrected chi connectivity index (χ2v) is 6.24. The molecule has 2 aromatic rings. The Kier molecular flexibility index (Phi) is 4.91. The minimum absolute atomic E-state index is 0.103. The molecule has 3 rings (SSSR count). The summed E-state index contributed by atoms with van der Waals surface area (Å²) in [4.78, 5) is 36.7. The molecular weight excluding hydrogens is 348 g/mol. The summed E-state index contributed by atoms with van der Waals surface area (Å²) in [5, 5.41) is 4.21. The van der Waals surface area contributed by atoms with Crippen molar-refractivity contribution in [1.29, 1.82) is 0 Å². The number of carbonyl (C=O) groups is 3. The first-order valence-electron chi connectivity index (χ1n) is 7.77. The maximum absolute atomic E-state index is 12.3. The molecule has 0 bridgehead atoms. The van der Waals surface area contributed by atoms with Gasteiger partial charge >= 0.3 is 11.8 Å². The van der Waals surface area contributed by atoms with Gasteiger partial charge in [0.1, 0.15) is 5.58 Å². The molecule has 2 heterocycles. The quantitative estimate of drug-likeness (QED) is 0.315. The number of nitrogens with one attached hydrogen (secondary N) is 2. The third-order valence-corrected chi connectivity index (χ3v) is 4.38. The van der Waals surface area contributed by atoms with Crippen LogP contribution in [0.3, 0.4) is 0 Å². The second kappa shape index (κ2) is 7.12. The highest BCUT2D eigenvalue weighted by Gasteiger charge is 2.28. The number of benzene rings is 1. The van der Waals surface area contributed by atoms with Crippen LogP contribution in [0.2, 0.25) is 5.02 Å².